The molecule has 0 spiro atoms. The van der Waals surface area contributed by atoms with Crippen LogP contribution in [0.5, 0.6) is 0 Å². The van der Waals surface area contributed by atoms with Crippen molar-refractivity contribution in [3.63, 3.8) is 0 Å². The topological polar surface area (TPSA) is 49.6 Å². The Labute approximate surface area is 116 Å². The second-order valence-corrected chi connectivity index (χ2v) is 4.98. The normalized spacial score (nSPS) is 16.7. The van der Waals surface area contributed by atoms with Crippen LogP contribution < -0.4 is 5.73 Å². The fourth-order valence-electron chi connectivity index (χ4n) is 2.19. The van der Waals surface area contributed by atoms with E-state index in [0.717, 1.165) is 19.6 Å². The first-order valence-corrected chi connectivity index (χ1v) is 6.66. The van der Waals surface area contributed by atoms with Crippen LogP contribution in [-0.2, 0) is 0 Å². The molecule has 0 unspecified atom stereocenters. The summed E-state index contributed by atoms with van der Waals surface area (Å²) in [5, 5.41) is 0.367. The first kappa shape index (κ1) is 14.2. The van der Waals surface area contributed by atoms with Crippen LogP contribution in [0.15, 0.2) is 18.2 Å². The minimum atomic E-state index is -0.529. The molecule has 1 heterocycles. The fraction of sp³-hybridized carbons (Fsp3) is 0.462. The molecule has 0 aliphatic carbocycles. The summed E-state index contributed by atoms with van der Waals surface area (Å²) >= 11 is 5.80. The van der Waals surface area contributed by atoms with E-state index in [0.29, 0.717) is 24.7 Å². The number of halogens is 2. The number of piperazine rings is 1. The number of hydrogen-bond acceptors (Lipinski definition) is 3. The largest absolute Gasteiger partial charge is 0.336 e. The van der Waals surface area contributed by atoms with E-state index >= 15 is 0 Å². The molecule has 104 valence electrons. The van der Waals surface area contributed by atoms with E-state index in [1.54, 1.807) is 4.90 Å². The number of carbonyl (C=O) groups is 1. The highest BCUT2D eigenvalue weighted by atomic mass is 35.5. The molecule has 2 rings (SSSR count). The summed E-state index contributed by atoms with van der Waals surface area (Å²) in [5.74, 6) is -0.828. The van der Waals surface area contributed by atoms with Gasteiger partial charge < -0.3 is 10.6 Å². The second kappa shape index (κ2) is 6.32. The zero-order chi connectivity index (χ0) is 13.8. The molecule has 1 aliphatic heterocycles. The molecule has 0 bridgehead atoms. The highest BCUT2D eigenvalue weighted by Crippen LogP contribution is 2.17. The standard InChI is InChI=1S/C13H17ClFN3O/c14-10-1-2-12(15)11(9-10)13(19)18-7-5-17(4-3-16)6-8-18/h1-2,9H,3-8,16H2. The molecule has 1 amide bonds. The Balaban J connectivity index is 2.03. The van der Waals surface area contributed by atoms with Gasteiger partial charge in [0.05, 0.1) is 5.56 Å². The molecular weight excluding hydrogens is 269 g/mol. The molecule has 0 radical (unpaired) electrons. The molecule has 1 aromatic rings. The summed E-state index contributed by atoms with van der Waals surface area (Å²) in [6, 6.07) is 4.04. The quantitative estimate of drug-likeness (QED) is 0.908. The first-order valence-electron chi connectivity index (χ1n) is 6.28. The number of nitrogens with two attached hydrogens (primary N) is 1. The molecule has 1 saturated heterocycles. The molecular formula is C13H17ClFN3O. The van der Waals surface area contributed by atoms with Crippen molar-refractivity contribution in [3.05, 3.63) is 34.6 Å². The fourth-order valence-corrected chi connectivity index (χ4v) is 2.36. The maximum absolute atomic E-state index is 13.6. The van der Waals surface area contributed by atoms with E-state index in [-0.39, 0.29) is 11.5 Å². The van der Waals surface area contributed by atoms with Gasteiger partial charge in [0, 0.05) is 44.3 Å². The monoisotopic (exact) mass is 285 g/mol. The number of rotatable bonds is 3. The molecule has 0 saturated carbocycles. The summed E-state index contributed by atoms with van der Waals surface area (Å²) in [7, 11) is 0. The van der Waals surface area contributed by atoms with Crippen LogP contribution in [0.4, 0.5) is 4.39 Å². The highest BCUT2D eigenvalue weighted by Gasteiger charge is 2.23. The Hall–Kier alpha value is -1.17. The van der Waals surface area contributed by atoms with Crippen LogP contribution >= 0.6 is 11.6 Å². The number of carbonyl (C=O) groups excluding carboxylic acids is 1. The van der Waals surface area contributed by atoms with Crippen LogP contribution in [0.25, 0.3) is 0 Å². The van der Waals surface area contributed by atoms with Crippen LogP contribution in [0.2, 0.25) is 5.02 Å². The van der Waals surface area contributed by atoms with Gasteiger partial charge in [-0.2, -0.15) is 0 Å². The zero-order valence-corrected chi connectivity index (χ0v) is 11.4. The van der Waals surface area contributed by atoms with Crippen molar-refractivity contribution in [1.29, 1.82) is 0 Å². The van der Waals surface area contributed by atoms with E-state index in [2.05, 4.69) is 4.90 Å². The molecule has 0 atom stereocenters. The van der Waals surface area contributed by atoms with Gasteiger partial charge in [0.1, 0.15) is 5.82 Å². The molecule has 0 aromatic heterocycles. The number of nitrogens with zero attached hydrogens (tertiary/aromatic N) is 2. The van der Waals surface area contributed by atoms with Crippen molar-refractivity contribution in [2.24, 2.45) is 5.73 Å². The smallest absolute Gasteiger partial charge is 0.256 e. The van der Waals surface area contributed by atoms with Gasteiger partial charge in [-0.3, -0.25) is 9.69 Å². The van der Waals surface area contributed by atoms with Gasteiger partial charge in [-0.1, -0.05) is 11.6 Å². The van der Waals surface area contributed by atoms with Gasteiger partial charge in [0.25, 0.3) is 5.91 Å². The molecule has 19 heavy (non-hydrogen) atoms. The Morgan fingerprint density at radius 2 is 2.00 bits per heavy atom. The average Bonchev–Trinajstić information content (AvgIpc) is 2.42. The third-order valence-electron chi connectivity index (χ3n) is 3.26. The second-order valence-electron chi connectivity index (χ2n) is 4.55. The van der Waals surface area contributed by atoms with E-state index in [9.17, 15) is 9.18 Å². The highest BCUT2D eigenvalue weighted by molar-refractivity contribution is 6.31. The van der Waals surface area contributed by atoms with Gasteiger partial charge in [-0.05, 0) is 18.2 Å². The number of hydrogen-bond donors (Lipinski definition) is 1. The van der Waals surface area contributed by atoms with Gasteiger partial charge >= 0.3 is 0 Å². The minimum Gasteiger partial charge on any atom is -0.336 e. The summed E-state index contributed by atoms with van der Waals surface area (Å²) < 4.78 is 13.6. The average molecular weight is 286 g/mol. The summed E-state index contributed by atoms with van der Waals surface area (Å²) in [6.07, 6.45) is 0. The lowest BCUT2D eigenvalue weighted by Gasteiger charge is -2.34. The van der Waals surface area contributed by atoms with Crippen molar-refractivity contribution in [3.8, 4) is 0 Å². The van der Waals surface area contributed by atoms with E-state index in [1.807, 2.05) is 0 Å². The summed E-state index contributed by atoms with van der Waals surface area (Å²) in [5.41, 5.74) is 5.54. The lowest BCUT2D eigenvalue weighted by Crippen LogP contribution is -2.49. The van der Waals surface area contributed by atoms with Crippen molar-refractivity contribution < 1.29 is 9.18 Å². The lowest BCUT2D eigenvalue weighted by molar-refractivity contribution is 0.0636. The molecule has 1 fully saturated rings. The third kappa shape index (κ3) is 3.43. The molecule has 4 nitrogen and oxygen atoms in total. The van der Waals surface area contributed by atoms with Crippen LogP contribution in [0, 0.1) is 5.82 Å². The zero-order valence-electron chi connectivity index (χ0n) is 10.6. The maximum atomic E-state index is 13.6. The van der Waals surface area contributed by atoms with Gasteiger partial charge in [-0.25, -0.2) is 4.39 Å². The summed E-state index contributed by atoms with van der Waals surface area (Å²) in [4.78, 5) is 16.1. The SMILES string of the molecule is NCCN1CCN(C(=O)c2cc(Cl)ccc2F)CC1. The van der Waals surface area contributed by atoms with Crippen LogP contribution in [0.1, 0.15) is 10.4 Å². The maximum Gasteiger partial charge on any atom is 0.256 e. The van der Waals surface area contributed by atoms with Crippen LogP contribution in [-0.4, -0.2) is 55.0 Å². The minimum absolute atomic E-state index is 0.0415. The third-order valence-corrected chi connectivity index (χ3v) is 3.50. The van der Waals surface area contributed by atoms with Crippen molar-refractivity contribution in [2.45, 2.75) is 0 Å². The number of amides is 1. The Morgan fingerprint density at radius 3 is 2.63 bits per heavy atom. The summed E-state index contributed by atoms with van der Waals surface area (Å²) in [6.45, 7) is 4.15. The molecule has 2 N–H and O–H groups in total. The Kier molecular flexibility index (Phi) is 4.74. The predicted octanol–water partition coefficient (Wildman–Crippen LogP) is 1.20. The Bertz CT molecular complexity index is 461. The van der Waals surface area contributed by atoms with E-state index in [4.69, 9.17) is 17.3 Å². The molecule has 1 aliphatic rings. The van der Waals surface area contributed by atoms with E-state index in [1.165, 1.54) is 18.2 Å². The number of benzene rings is 1. The first-order chi connectivity index (χ1) is 9.11. The van der Waals surface area contributed by atoms with E-state index < -0.39 is 5.82 Å². The lowest BCUT2D eigenvalue weighted by atomic mass is 10.1. The van der Waals surface area contributed by atoms with Gasteiger partial charge in [0.2, 0.25) is 0 Å². The van der Waals surface area contributed by atoms with Gasteiger partial charge in [-0.15, -0.1) is 0 Å². The molecule has 6 heteroatoms. The van der Waals surface area contributed by atoms with Gasteiger partial charge in [0.15, 0.2) is 0 Å². The Morgan fingerprint density at radius 1 is 1.32 bits per heavy atom. The molecule has 1 aromatic carbocycles. The van der Waals surface area contributed by atoms with Crippen molar-refractivity contribution >= 4 is 17.5 Å². The van der Waals surface area contributed by atoms with Crippen LogP contribution in [0.3, 0.4) is 0 Å². The van der Waals surface area contributed by atoms with Crippen molar-refractivity contribution in [2.75, 3.05) is 39.3 Å². The van der Waals surface area contributed by atoms with Crippen molar-refractivity contribution in [1.82, 2.24) is 9.80 Å². The predicted molar refractivity (Wildman–Crippen MR) is 72.8 cm³/mol.